The van der Waals surface area contributed by atoms with Crippen LogP contribution in [0.2, 0.25) is 0 Å². The summed E-state index contributed by atoms with van der Waals surface area (Å²) in [5, 5.41) is 10.3. The van der Waals surface area contributed by atoms with E-state index in [4.69, 9.17) is 0 Å². The molecular weight excluding hydrogens is 234 g/mol. The minimum atomic E-state index is -0.282. The van der Waals surface area contributed by atoms with E-state index < -0.39 is 0 Å². The van der Waals surface area contributed by atoms with Gasteiger partial charge in [-0.05, 0) is 43.6 Å². The number of fused-ring (bicyclic) bond motifs is 1. The van der Waals surface area contributed by atoms with Crippen LogP contribution in [0.15, 0.2) is 12.3 Å². The molecule has 1 N–H and O–H groups in total. The van der Waals surface area contributed by atoms with Crippen molar-refractivity contribution in [3.8, 4) is 0 Å². The number of hydrogen-bond donors (Lipinski definition) is 1. The van der Waals surface area contributed by atoms with Crippen LogP contribution < -0.4 is 0 Å². The van der Waals surface area contributed by atoms with Crippen LogP contribution in [-0.4, -0.2) is 9.67 Å². The Hall–Kier alpha value is -0.760. The number of aliphatic hydroxyl groups excluding tert-OH is 1. The van der Waals surface area contributed by atoms with Crippen molar-refractivity contribution in [2.75, 3.05) is 0 Å². The van der Waals surface area contributed by atoms with Crippen LogP contribution in [0.4, 0.5) is 0 Å². The van der Waals surface area contributed by atoms with E-state index in [0.717, 1.165) is 24.3 Å². The highest BCUT2D eigenvalue weighted by molar-refractivity contribution is 5.29. The lowest BCUT2D eigenvalue weighted by Gasteiger charge is -2.35. The summed E-state index contributed by atoms with van der Waals surface area (Å²) in [4.78, 5) is 0. The summed E-state index contributed by atoms with van der Waals surface area (Å²) < 4.78 is 2.41. The van der Waals surface area contributed by atoms with Crippen molar-refractivity contribution < 1.29 is 5.11 Å². The Balaban J connectivity index is 2.25. The van der Waals surface area contributed by atoms with E-state index in [2.05, 4.69) is 51.4 Å². The predicted molar refractivity (Wildman–Crippen MR) is 80.3 cm³/mol. The fourth-order valence-corrected chi connectivity index (χ4v) is 3.43. The molecule has 2 heteroatoms. The smallest absolute Gasteiger partial charge is 0.0812 e. The average molecular weight is 263 g/mol. The summed E-state index contributed by atoms with van der Waals surface area (Å²) in [7, 11) is 0. The minimum Gasteiger partial charge on any atom is -0.388 e. The molecule has 19 heavy (non-hydrogen) atoms. The first-order valence-corrected chi connectivity index (χ1v) is 7.71. The molecule has 1 aromatic heterocycles. The Bertz CT molecular complexity index is 432. The highest BCUT2D eigenvalue weighted by Gasteiger charge is 2.33. The van der Waals surface area contributed by atoms with Gasteiger partial charge in [0.1, 0.15) is 0 Å². The third-order valence-electron chi connectivity index (χ3n) is 4.73. The number of aromatic nitrogens is 1. The number of aliphatic hydroxyl groups is 1. The van der Waals surface area contributed by atoms with Gasteiger partial charge in [0.15, 0.2) is 0 Å². The highest BCUT2D eigenvalue weighted by Crippen LogP contribution is 2.42. The van der Waals surface area contributed by atoms with Crippen molar-refractivity contribution in [3.05, 3.63) is 23.5 Å². The lowest BCUT2D eigenvalue weighted by Crippen LogP contribution is -2.27. The molecule has 0 saturated heterocycles. The maximum Gasteiger partial charge on any atom is 0.0812 e. The topological polar surface area (TPSA) is 25.2 Å². The van der Waals surface area contributed by atoms with E-state index in [1.54, 1.807) is 0 Å². The number of hydrogen-bond acceptors (Lipinski definition) is 1. The molecule has 3 atom stereocenters. The van der Waals surface area contributed by atoms with Crippen molar-refractivity contribution >= 4 is 0 Å². The van der Waals surface area contributed by atoms with Crippen LogP contribution in [0.5, 0.6) is 0 Å². The Kier molecular flexibility index (Phi) is 4.10. The monoisotopic (exact) mass is 263 g/mol. The Morgan fingerprint density at radius 1 is 1.42 bits per heavy atom. The second kappa shape index (κ2) is 5.32. The van der Waals surface area contributed by atoms with Crippen LogP contribution >= 0.6 is 0 Å². The third-order valence-corrected chi connectivity index (χ3v) is 4.73. The fraction of sp³-hybridized carbons (Fsp3) is 0.765. The first-order chi connectivity index (χ1) is 8.84. The summed E-state index contributed by atoms with van der Waals surface area (Å²) in [5.74, 6) is 0.759. The van der Waals surface area contributed by atoms with Crippen molar-refractivity contribution in [3.63, 3.8) is 0 Å². The van der Waals surface area contributed by atoms with Gasteiger partial charge in [-0.1, -0.05) is 34.1 Å². The molecule has 3 unspecified atom stereocenters. The zero-order valence-electron chi connectivity index (χ0n) is 13.1. The van der Waals surface area contributed by atoms with E-state index in [-0.39, 0.29) is 11.5 Å². The normalized spacial score (nSPS) is 24.8. The second-order valence-electron chi connectivity index (χ2n) is 7.28. The van der Waals surface area contributed by atoms with Crippen molar-refractivity contribution in [1.82, 2.24) is 4.57 Å². The van der Waals surface area contributed by atoms with Crippen LogP contribution in [0.25, 0.3) is 0 Å². The van der Waals surface area contributed by atoms with E-state index in [1.807, 2.05) is 0 Å². The van der Waals surface area contributed by atoms with Gasteiger partial charge in [0.05, 0.1) is 6.10 Å². The molecule has 1 heterocycles. The maximum absolute atomic E-state index is 10.3. The van der Waals surface area contributed by atoms with Gasteiger partial charge < -0.3 is 9.67 Å². The van der Waals surface area contributed by atoms with Gasteiger partial charge in [-0.25, -0.2) is 0 Å². The van der Waals surface area contributed by atoms with Gasteiger partial charge in [-0.2, -0.15) is 0 Å². The Morgan fingerprint density at radius 3 is 2.74 bits per heavy atom. The summed E-state index contributed by atoms with van der Waals surface area (Å²) in [6.07, 6.45) is 6.31. The second-order valence-corrected chi connectivity index (χ2v) is 7.28. The molecule has 1 aliphatic rings. The van der Waals surface area contributed by atoms with Crippen LogP contribution in [0.3, 0.4) is 0 Å². The van der Waals surface area contributed by atoms with Gasteiger partial charge >= 0.3 is 0 Å². The van der Waals surface area contributed by atoms with Crippen molar-refractivity contribution in [2.24, 2.45) is 11.3 Å². The molecule has 1 aliphatic carbocycles. The van der Waals surface area contributed by atoms with E-state index >= 15 is 0 Å². The van der Waals surface area contributed by atoms with E-state index in [0.29, 0.717) is 6.04 Å². The van der Waals surface area contributed by atoms with Gasteiger partial charge in [0.2, 0.25) is 0 Å². The largest absolute Gasteiger partial charge is 0.388 e. The summed E-state index contributed by atoms with van der Waals surface area (Å²) >= 11 is 0. The molecule has 1 aromatic rings. The highest BCUT2D eigenvalue weighted by atomic mass is 16.3. The van der Waals surface area contributed by atoms with Crippen LogP contribution in [0, 0.1) is 11.3 Å². The SMILES string of the molecule is CCC(C)CC(C)n1ccc2c1CC(C)(C)CC2O. The number of rotatable bonds is 4. The van der Waals surface area contributed by atoms with Crippen LogP contribution in [0.1, 0.15) is 77.3 Å². The molecule has 0 aromatic carbocycles. The summed E-state index contributed by atoms with van der Waals surface area (Å²) in [6.45, 7) is 11.4. The molecule has 108 valence electrons. The average Bonchev–Trinajstić information content (AvgIpc) is 2.70. The maximum atomic E-state index is 10.3. The summed E-state index contributed by atoms with van der Waals surface area (Å²) in [5.41, 5.74) is 2.73. The van der Waals surface area contributed by atoms with Crippen LogP contribution in [-0.2, 0) is 6.42 Å². The first kappa shape index (κ1) is 14.6. The third kappa shape index (κ3) is 3.05. The molecule has 2 rings (SSSR count). The first-order valence-electron chi connectivity index (χ1n) is 7.71. The quantitative estimate of drug-likeness (QED) is 0.850. The van der Waals surface area contributed by atoms with Gasteiger partial charge in [0, 0.05) is 23.5 Å². The number of nitrogens with zero attached hydrogens (tertiary/aromatic N) is 1. The predicted octanol–water partition coefficient (Wildman–Crippen LogP) is 4.49. The molecular formula is C17H29NO. The lowest BCUT2D eigenvalue weighted by molar-refractivity contribution is 0.0973. The Labute approximate surface area is 117 Å². The standard InChI is InChI=1S/C17H29NO/c1-6-12(2)9-13(3)18-8-7-14-15(18)10-17(4,5)11-16(14)19/h7-8,12-13,16,19H,6,9-11H2,1-5H3. The fourth-order valence-electron chi connectivity index (χ4n) is 3.43. The van der Waals surface area contributed by atoms with Crippen molar-refractivity contribution in [2.45, 2.75) is 72.4 Å². The molecule has 0 fully saturated rings. The molecule has 0 saturated carbocycles. The molecule has 0 bridgehead atoms. The lowest BCUT2D eigenvalue weighted by atomic mass is 9.75. The van der Waals surface area contributed by atoms with Gasteiger partial charge in [-0.3, -0.25) is 0 Å². The Morgan fingerprint density at radius 2 is 2.11 bits per heavy atom. The molecule has 0 aliphatic heterocycles. The summed E-state index contributed by atoms with van der Waals surface area (Å²) in [6, 6.07) is 2.65. The molecule has 2 nitrogen and oxygen atoms in total. The van der Waals surface area contributed by atoms with E-state index in [1.165, 1.54) is 18.5 Å². The molecule has 0 spiro atoms. The zero-order chi connectivity index (χ0) is 14.2. The van der Waals surface area contributed by atoms with Crippen molar-refractivity contribution in [1.29, 1.82) is 0 Å². The zero-order valence-corrected chi connectivity index (χ0v) is 13.1. The molecule has 0 radical (unpaired) electrons. The molecule has 0 amide bonds. The van der Waals surface area contributed by atoms with Gasteiger partial charge in [-0.15, -0.1) is 0 Å². The van der Waals surface area contributed by atoms with E-state index in [9.17, 15) is 5.11 Å². The van der Waals surface area contributed by atoms with Gasteiger partial charge in [0.25, 0.3) is 0 Å². The minimum absolute atomic E-state index is 0.207.